The van der Waals surface area contributed by atoms with E-state index in [1.54, 1.807) is 0 Å². The van der Waals surface area contributed by atoms with Crippen LogP contribution < -0.4 is 11.1 Å². The Kier molecular flexibility index (Phi) is 4.29. The summed E-state index contributed by atoms with van der Waals surface area (Å²) in [4.78, 5) is 22.4. The summed E-state index contributed by atoms with van der Waals surface area (Å²) in [6.07, 6.45) is 3.08. The third-order valence-corrected chi connectivity index (χ3v) is 3.49. The summed E-state index contributed by atoms with van der Waals surface area (Å²) in [7, 11) is 0. The van der Waals surface area contributed by atoms with Crippen LogP contribution in [0.2, 0.25) is 0 Å². The van der Waals surface area contributed by atoms with Gasteiger partial charge in [-0.2, -0.15) is 0 Å². The van der Waals surface area contributed by atoms with Gasteiger partial charge in [0.15, 0.2) is 0 Å². The number of aliphatic carboxylic acids is 1. The predicted octanol–water partition coefficient (Wildman–Crippen LogP) is 0.342. The van der Waals surface area contributed by atoms with E-state index in [-0.39, 0.29) is 19.0 Å². The molecule has 5 heteroatoms. The van der Waals surface area contributed by atoms with E-state index >= 15 is 0 Å². The van der Waals surface area contributed by atoms with E-state index in [0.29, 0.717) is 18.8 Å². The zero-order valence-corrected chi connectivity index (χ0v) is 9.66. The zero-order valence-electron chi connectivity index (χ0n) is 9.66. The molecule has 0 aromatic carbocycles. The van der Waals surface area contributed by atoms with Gasteiger partial charge in [-0.25, -0.2) is 0 Å². The molecule has 0 aromatic rings. The number of amides is 1. The lowest BCUT2D eigenvalue weighted by atomic mass is 9.71. The highest BCUT2D eigenvalue weighted by molar-refractivity contribution is 5.80. The standard InChI is InChI=1S/C11H20N2O3/c1-8-2-4-11(5-3-8,10(15)16)7-13-9(14)6-12/h8H,2-7,12H2,1H3,(H,13,14)(H,15,16). The molecule has 92 valence electrons. The van der Waals surface area contributed by atoms with Crippen molar-refractivity contribution in [3.63, 3.8) is 0 Å². The van der Waals surface area contributed by atoms with E-state index in [1.807, 2.05) is 0 Å². The minimum atomic E-state index is -0.809. The van der Waals surface area contributed by atoms with Crippen LogP contribution in [-0.2, 0) is 9.59 Å². The number of carboxylic acids is 1. The molecule has 1 saturated carbocycles. The molecule has 0 saturated heterocycles. The molecule has 0 radical (unpaired) electrons. The first-order valence-corrected chi connectivity index (χ1v) is 5.70. The molecule has 0 aromatic heterocycles. The fourth-order valence-corrected chi connectivity index (χ4v) is 2.12. The number of nitrogens with one attached hydrogen (secondary N) is 1. The van der Waals surface area contributed by atoms with E-state index in [0.717, 1.165) is 12.8 Å². The molecule has 5 nitrogen and oxygen atoms in total. The van der Waals surface area contributed by atoms with Gasteiger partial charge in [-0.1, -0.05) is 6.92 Å². The number of rotatable bonds is 4. The summed E-state index contributed by atoms with van der Waals surface area (Å²) in [5, 5.41) is 11.9. The zero-order chi connectivity index (χ0) is 12.2. The smallest absolute Gasteiger partial charge is 0.311 e. The number of carboxylic acid groups (broad SMARTS) is 1. The Morgan fingerprint density at radius 3 is 2.44 bits per heavy atom. The Hall–Kier alpha value is -1.10. The van der Waals surface area contributed by atoms with Crippen LogP contribution in [0.1, 0.15) is 32.6 Å². The molecule has 1 aliphatic carbocycles. The van der Waals surface area contributed by atoms with E-state index in [1.165, 1.54) is 0 Å². The molecule has 1 rings (SSSR count). The summed E-state index contributed by atoms with van der Waals surface area (Å²) in [5.41, 5.74) is 4.39. The summed E-state index contributed by atoms with van der Waals surface area (Å²) in [6, 6.07) is 0. The van der Waals surface area contributed by atoms with Gasteiger partial charge in [-0.15, -0.1) is 0 Å². The third kappa shape index (κ3) is 2.95. The van der Waals surface area contributed by atoms with Crippen LogP contribution in [0.25, 0.3) is 0 Å². The van der Waals surface area contributed by atoms with E-state index < -0.39 is 11.4 Å². The molecule has 4 N–H and O–H groups in total. The minimum Gasteiger partial charge on any atom is -0.481 e. The Labute approximate surface area is 95.4 Å². The minimum absolute atomic E-state index is 0.0912. The van der Waals surface area contributed by atoms with Gasteiger partial charge in [0.25, 0.3) is 0 Å². The average molecular weight is 228 g/mol. The van der Waals surface area contributed by atoms with Crippen LogP contribution in [0.3, 0.4) is 0 Å². The monoisotopic (exact) mass is 228 g/mol. The quantitative estimate of drug-likeness (QED) is 0.647. The molecule has 0 atom stereocenters. The molecule has 1 amide bonds. The lowest BCUT2D eigenvalue weighted by Gasteiger charge is -2.35. The molecule has 0 bridgehead atoms. The molecule has 16 heavy (non-hydrogen) atoms. The summed E-state index contributed by atoms with van der Waals surface area (Å²) < 4.78 is 0. The second-order valence-corrected chi connectivity index (χ2v) is 4.75. The predicted molar refractivity (Wildman–Crippen MR) is 59.8 cm³/mol. The highest BCUT2D eigenvalue weighted by Crippen LogP contribution is 2.38. The van der Waals surface area contributed by atoms with Crippen molar-refractivity contribution in [2.45, 2.75) is 32.6 Å². The fraction of sp³-hybridized carbons (Fsp3) is 0.818. The van der Waals surface area contributed by atoms with Gasteiger partial charge in [-0.05, 0) is 31.6 Å². The second-order valence-electron chi connectivity index (χ2n) is 4.75. The van der Waals surface area contributed by atoms with Crippen LogP contribution in [0.5, 0.6) is 0 Å². The lowest BCUT2D eigenvalue weighted by molar-refractivity contribution is -0.151. The van der Waals surface area contributed by atoms with Crippen molar-refractivity contribution in [3.8, 4) is 0 Å². The maximum Gasteiger partial charge on any atom is 0.311 e. The molecule has 0 spiro atoms. The first-order chi connectivity index (χ1) is 7.50. The van der Waals surface area contributed by atoms with Crippen molar-refractivity contribution < 1.29 is 14.7 Å². The Balaban J connectivity index is 2.60. The van der Waals surface area contributed by atoms with Crippen molar-refractivity contribution in [1.82, 2.24) is 5.32 Å². The van der Waals surface area contributed by atoms with E-state index in [4.69, 9.17) is 5.73 Å². The van der Waals surface area contributed by atoms with Crippen molar-refractivity contribution in [1.29, 1.82) is 0 Å². The van der Waals surface area contributed by atoms with Crippen LogP contribution >= 0.6 is 0 Å². The normalized spacial score (nSPS) is 29.8. The molecule has 1 fully saturated rings. The molecule has 0 unspecified atom stereocenters. The maximum absolute atomic E-state index is 11.3. The first-order valence-electron chi connectivity index (χ1n) is 5.70. The SMILES string of the molecule is CC1CCC(CNC(=O)CN)(C(=O)O)CC1. The fourth-order valence-electron chi connectivity index (χ4n) is 2.12. The number of hydrogen-bond donors (Lipinski definition) is 3. The van der Waals surface area contributed by atoms with Gasteiger partial charge in [0.2, 0.25) is 5.91 Å². The summed E-state index contributed by atoms with van der Waals surface area (Å²) >= 11 is 0. The van der Waals surface area contributed by atoms with Crippen LogP contribution in [0, 0.1) is 11.3 Å². The van der Waals surface area contributed by atoms with E-state index in [9.17, 15) is 14.7 Å². The summed E-state index contributed by atoms with van der Waals surface area (Å²) in [6.45, 7) is 2.24. The molecule has 0 aliphatic heterocycles. The Bertz CT molecular complexity index is 270. The van der Waals surface area contributed by atoms with Crippen molar-refractivity contribution in [2.75, 3.05) is 13.1 Å². The van der Waals surface area contributed by atoms with Crippen molar-refractivity contribution >= 4 is 11.9 Å². The van der Waals surface area contributed by atoms with Gasteiger partial charge in [0, 0.05) is 6.54 Å². The van der Waals surface area contributed by atoms with Crippen LogP contribution in [0.4, 0.5) is 0 Å². The summed E-state index contributed by atoms with van der Waals surface area (Å²) in [5.74, 6) is -0.520. The maximum atomic E-state index is 11.3. The van der Waals surface area contributed by atoms with Crippen molar-refractivity contribution in [3.05, 3.63) is 0 Å². The Morgan fingerprint density at radius 1 is 1.44 bits per heavy atom. The number of nitrogens with two attached hydrogens (primary N) is 1. The van der Waals surface area contributed by atoms with Gasteiger partial charge in [-0.3, -0.25) is 9.59 Å². The molecule has 1 aliphatic rings. The highest BCUT2D eigenvalue weighted by atomic mass is 16.4. The Morgan fingerprint density at radius 2 is 2.00 bits per heavy atom. The molecule has 0 heterocycles. The van der Waals surface area contributed by atoms with E-state index in [2.05, 4.69) is 12.2 Å². The highest BCUT2D eigenvalue weighted by Gasteiger charge is 2.41. The largest absolute Gasteiger partial charge is 0.481 e. The third-order valence-electron chi connectivity index (χ3n) is 3.49. The lowest BCUT2D eigenvalue weighted by Crippen LogP contribution is -2.46. The van der Waals surface area contributed by atoms with Gasteiger partial charge in [0.05, 0.1) is 12.0 Å². The number of carbonyl (C=O) groups is 2. The first kappa shape index (κ1) is 13.0. The van der Waals surface area contributed by atoms with Gasteiger partial charge >= 0.3 is 5.97 Å². The van der Waals surface area contributed by atoms with Crippen LogP contribution in [-0.4, -0.2) is 30.1 Å². The average Bonchev–Trinajstić information content (AvgIpc) is 2.28. The second kappa shape index (κ2) is 5.30. The van der Waals surface area contributed by atoms with Crippen LogP contribution in [0.15, 0.2) is 0 Å². The molecular formula is C11H20N2O3. The van der Waals surface area contributed by atoms with Gasteiger partial charge in [0.1, 0.15) is 0 Å². The van der Waals surface area contributed by atoms with Crippen molar-refractivity contribution in [2.24, 2.45) is 17.1 Å². The topological polar surface area (TPSA) is 92.4 Å². The molecular weight excluding hydrogens is 208 g/mol. The number of hydrogen-bond acceptors (Lipinski definition) is 3. The van der Waals surface area contributed by atoms with Gasteiger partial charge < -0.3 is 16.2 Å². The number of carbonyl (C=O) groups excluding carboxylic acids is 1.